The third-order valence-corrected chi connectivity index (χ3v) is 4.28. The van der Waals surface area contributed by atoms with Crippen LogP contribution in [0.15, 0.2) is 42.6 Å². The number of benzene rings is 1. The van der Waals surface area contributed by atoms with E-state index in [4.69, 9.17) is 0 Å². The number of hydrogen-bond donors (Lipinski definition) is 1. The molecule has 8 nitrogen and oxygen atoms in total. The lowest BCUT2D eigenvalue weighted by Gasteiger charge is -2.15. The van der Waals surface area contributed by atoms with Gasteiger partial charge in [-0.3, -0.25) is 14.3 Å². The zero-order chi connectivity index (χ0) is 19.4. The summed E-state index contributed by atoms with van der Waals surface area (Å²) in [7, 11) is 0. The van der Waals surface area contributed by atoms with Crippen molar-refractivity contribution in [2.45, 2.75) is 39.8 Å². The van der Waals surface area contributed by atoms with Crippen LogP contribution < -0.4 is 5.32 Å². The van der Waals surface area contributed by atoms with Gasteiger partial charge in [-0.15, -0.1) is 5.10 Å². The molecule has 0 fully saturated rings. The molecule has 27 heavy (non-hydrogen) atoms. The number of aromatic nitrogens is 5. The van der Waals surface area contributed by atoms with E-state index in [1.165, 1.54) is 17.1 Å². The van der Waals surface area contributed by atoms with Crippen molar-refractivity contribution in [2.24, 2.45) is 0 Å². The summed E-state index contributed by atoms with van der Waals surface area (Å²) < 4.78 is 1.58. The van der Waals surface area contributed by atoms with Crippen molar-refractivity contribution in [3.63, 3.8) is 0 Å². The number of aryl methyl sites for hydroxylation is 1. The molecule has 1 amide bonds. The second kappa shape index (κ2) is 7.94. The van der Waals surface area contributed by atoms with Crippen molar-refractivity contribution in [2.75, 3.05) is 5.32 Å². The molecule has 0 spiro atoms. The molecular weight excluding hydrogens is 344 g/mol. The van der Waals surface area contributed by atoms with Gasteiger partial charge in [0.2, 0.25) is 0 Å². The Kier molecular flexibility index (Phi) is 5.44. The van der Waals surface area contributed by atoms with Crippen LogP contribution in [0.5, 0.6) is 0 Å². The van der Waals surface area contributed by atoms with Crippen molar-refractivity contribution in [3.8, 4) is 0 Å². The molecule has 3 rings (SSSR count). The molecule has 2 heterocycles. The first kappa shape index (κ1) is 18.5. The fraction of sp³-hybridized carbons (Fsp3) is 0.316. The van der Waals surface area contributed by atoms with E-state index >= 15 is 0 Å². The lowest BCUT2D eigenvalue weighted by atomic mass is 10.1. The highest BCUT2D eigenvalue weighted by atomic mass is 16.2. The molecule has 0 saturated carbocycles. The van der Waals surface area contributed by atoms with Gasteiger partial charge in [0, 0.05) is 12.5 Å². The summed E-state index contributed by atoms with van der Waals surface area (Å²) in [6, 6.07) is 11.0. The summed E-state index contributed by atoms with van der Waals surface area (Å²) >= 11 is 0. The lowest BCUT2D eigenvalue weighted by molar-refractivity contribution is 0.0980. The topological polar surface area (TPSA) is 94.7 Å². The van der Waals surface area contributed by atoms with Crippen LogP contribution in [0.2, 0.25) is 0 Å². The quantitative estimate of drug-likeness (QED) is 0.649. The Morgan fingerprint density at radius 3 is 2.52 bits per heavy atom. The average molecular weight is 366 g/mol. The highest BCUT2D eigenvalue weighted by molar-refractivity contribution is 6.04. The van der Waals surface area contributed by atoms with Gasteiger partial charge in [0.05, 0.1) is 18.8 Å². The summed E-state index contributed by atoms with van der Waals surface area (Å²) in [4.78, 5) is 26.4. The van der Waals surface area contributed by atoms with Crippen LogP contribution in [-0.4, -0.2) is 36.5 Å². The normalized spacial score (nSPS) is 12.0. The highest BCUT2D eigenvalue weighted by Gasteiger charge is 2.23. The number of nitrogens with zero attached hydrogens (tertiary/aromatic N) is 5. The van der Waals surface area contributed by atoms with Gasteiger partial charge >= 0.3 is 0 Å². The van der Waals surface area contributed by atoms with Crippen molar-refractivity contribution in [1.29, 1.82) is 0 Å². The predicted octanol–water partition coefficient (Wildman–Crippen LogP) is 2.95. The minimum Gasteiger partial charge on any atom is -0.302 e. The number of nitrogens with one attached hydrogen (secondary N) is 1. The molecule has 1 aromatic carbocycles. The molecule has 8 heteroatoms. The van der Waals surface area contributed by atoms with Gasteiger partial charge in [-0.25, -0.2) is 0 Å². The molecule has 0 saturated heterocycles. The summed E-state index contributed by atoms with van der Waals surface area (Å²) in [6.45, 7) is 6.22. The summed E-state index contributed by atoms with van der Waals surface area (Å²) in [5.41, 5.74) is 1.57. The maximum atomic E-state index is 12.8. The first-order valence-electron chi connectivity index (χ1n) is 8.92. The molecule has 0 aliphatic heterocycles. The standard InChI is InChI=1S/C19H22N6O2/c1-4-17(26)15-11-16(19(27)21-18-12-20-24(5-2)23-18)25(22-15)13(3)14-9-7-6-8-10-14/h6-13H,4-5H2,1-3H3,(H,21,23,27)/t13-/m0/s1. The summed E-state index contributed by atoms with van der Waals surface area (Å²) in [5.74, 6) is -0.145. The predicted molar refractivity (Wildman–Crippen MR) is 101 cm³/mol. The van der Waals surface area contributed by atoms with Gasteiger partial charge in [0.25, 0.3) is 5.91 Å². The third-order valence-electron chi connectivity index (χ3n) is 4.28. The lowest BCUT2D eigenvalue weighted by Crippen LogP contribution is -2.21. The molecule has 0 radical (unpaired) electrons. The molecule has 0 aliphatic carbocycles. The Morgan fingerprint density at radius 1 is 1.15 bits per heavy atom. The van der Waals surface area contributed by atoms with E-state index in [1.807, 2.05) is 44.2 Å². The van der Waals surface area contributed by atoms with E-state index in [1.54, 1.807) is 11.6 Å². The molecule has 3 aromatic rings. The maximum absolute atomic E-state index is 12.8. The van der Waals surface area contributed by atoms with Crippen molar-refractivity contribution in [3.05, 3.63) is 59.5 Å². The Hall–Kier alpha value is -3.29. The van der Waals surface area contributed by atoms with Gasteiger partial charge in [-0.2, -0.15) is 15.0 Å². The molecule has 0 aliphatic rings. The smallest absolute Gasteiger partial charge is 0.275 e. The Balaban J connectivity index is 1.95. The zero-order valence-electron chi connectivity index (χ0n) is 15.6. The van der Waals surface area contributed by atoms with Crippen LogP contribution >= 0.6 is 0 Å². The molecule has 2 aromatic heterocycles. The van der Waals surface area contributed by atoms with E-state index < -0.39 is 0 Å². The minimum atomic E-state index is -0.386. The Labute approximate surface area is 157 Å². The van der Waals surface area contributed by atoms with E-state index in [-0.39, 0.29) is 23.4 Å². The monoisotopic (exact) mass is 366 g/mol. The van der Waals surface area contributed by atoms with Crippen LogP contribution in [0.4, 0.5) is 5.82 Å². The van der Waals surface area contributed by atoms with Gasteiger partial charge in [0.15, 0.2) is 11.6 Å². The van der Waals surface area contributed by atoms with Gasteiger partial charge in [-0.05, 0) is 19.4 Å². The average Bonchev–Trinajstić information content (AvgIpc) is 3.34. The first-order valence-corrected chi connectivity index (χ1v) is 8.92. The largest absolute Gasteiger partial charge is 0.302 e. The summed E-state index contributed by atoms with van der Waals surface area (Å²) in [6.07, 6.45) is 1.81. The van der Waals surface area contributed by atoms with Crippen LogP contribution in [0.3, 0.4) is 0 Å². The summed E-state index contributed by atoms with van der Waals surface area (Å²) in [5, 5.41) is 15.3. The van der Waals surface area contributed by atoms with Crippen LogP contribution in [-0.2, 0) is 6.54 Å². The van der Waals surface area contributed by atoms with Gasteiger partial charge < -0.3 is 5.32 Å². The second-order valence-corrected chi connectivity index (χ2v) is 6.10. The van der Waals surface area contributed by atoms with Crippen LogP contribution in [0, 0.1) is 0 Å². The molecule has 140 valence electrons. The third kappa shape index (κ3) is 3.94. The van der Waals surface area contributed by atoms with E-state index in [0.29, 0.717) is 24.5 Å². The molecule has 0 bridgehead atoms. The van der Waals surface area contributed by atoms with E-state index in [9.17, 15) is 9.59 Å². The Bertz CT molecular complexity index is 944. The molecule has 0 unspecified atom stereocenters. The number of hydrogen-bond acceptors (Lipinski definition) is 5. The number of carbonyl (C=O) groups excluding carboxylic acids is 2. The zero-order valence-corrected chi connectivity index (χ0v) is 15.6. The Morgan fingerprint density at radius 2 is 1.89 bits per heavy atom. The number of Topliss-reactive ketones (excluding diaryl/α,β-unsaturated/α-hetero) is 1. The first-order chi connectivity index (χ1) is 13.0. The van der Waals surface area contributed by atoms with Crippen molar-refractivity contribution in [1.82, 2.24) is 24.8 Å². The van der Waals surface area contributed by atoms with E-state index in [2.05, 4.69) is 20.6 Å². The van der Waals surface area contributed by atoms with Crippen LogP contribution in [0.25, 0.3) is 0 Å². The highest BCUT2D eigenvalue weighted by Crippen LogP contribution is 2.21. The number of amides is 1. The second-order valence-electron chi connectivity index (χ2n) is 6.10. The number of anilines is 1. The minimum absolute atomic E-state index is 0.111. The van der Waals surface area contributed by atoms with E-state index in [0.717, 1.165) is 5.56 Å². The van der Waals surface area contributed by atoms with Crippen molar-refractivity contribution >= 4 is 17.5 Å². The maximum Gasteiger partial charge on any atom is 0.275 e. The van der Waals surface area contributed by atoms with Crippen molar-refractivity contribution < 1.29 is 9.59 Å². The SMILES string of the molecule is CCC(=O)c1cc(C(=O)Nc2cnn(CC)n2)n([C@@H](C)c2ccccc2)n1. The fourth-order valence-electron chi connectivity index (χ4n) is 2.74. The number of carbonyl (C=O) groups is 2. The molecular formula is C19H22N6O2. The van der Waals surface area contributed by atoms with Gasteiger partial charge in [-0.1, -0.05) is 37.3 Å². The number of rotatable bonds is 7. The fourth-order valence-corrected chi connectivity index (χ4v) is 2.74. The van der Waals surface area contributed by atoms with Gasteiger partial charge in [0.1, 0.15) is 11.4 Å². The molecule has 1 N–H and O–H groups in total. The molecule has 1 atom stereocenters. The number of ketones is 1. The van der Waals surface area contributed by atoms with Crippen LogP contribution in [0.1, 0.15) is 59.8 Å².